The van der Waals surface area contributed by atoms with E-state index in [2.05, 4.69) is 20.2 Å². The summed E-state index contributed by atoms with van der Waals surface area (Å²) in [5.74, 6) is 0.795. The first-order valence-corrected chi connectivity index (χ1v) is 12.3. The number of rotatable bonds is 5. The minimum absolute atomic E-state index is 0.0492. The molecule has 0 amide bonds. The van der Waals surface area contributed by atoms with E-state index in [1.165, 1.54) is 12.3 Å². The Hall–Kier alpha value is -3.00. The number of hydrogen-bond donors (Lipinski definition) is 1. The highest BCUT2D eigenvalue weighted by Crippen LogP contribution is 2.44. The van der Waals surface area contributed by atoms with Gasteiger partial charge in [-0.05, 0) is 32.6 Å². The largest absolute Gasteiger partial charge is 0.435 e. The summed E-state index contributed by atoms with van der Waals surface area (Å²) in [7, 11) is 0. The quantitative estimate of drug-likeness (QED) is 0.500. The highest BCUT2D eigenvalue weighted by atomic mass is 19.4. The van der Waals surface area contributed by atoms with Crippen LogP contribution >= 0.6 is 0 Å². The van der Waals surface area contributed by atoms with Crippen LogP contribution in [-0.4, -0.2) is 75.6 Å². The molecule has 3 saturated heterocycles. The molecule has 0 radical (unpaired) electrons. The van der Waals surface area contributed by atoms with Gasteiger partial charge in [-0.1, -0.05) is 0 Å². The highest BCUT2D eigenvalue weighted by Gasteiger charge is 2.43. The molecule has 9 nitrogen and oxygen atoms in total. The number of morpholine rings is 1. The molecule has 3 aliphatic heterocycles. The van der Waals surface area contributed by atoms with Gasteiger partial charge in [0.15, 0.2) is 17.2 Å². The molecule has 3 fully saturated rings. The number of aromatic amines is 1. The second kappa shape index (κ2) is 9.08. The van der Waals surface area contributed by atoms with Gasteiger partial charge in [-0.15, -0.1) is 0 Å². The van der Waals surface area contributed by atoms with Crippen LogP contribution in [0.25, 0.3) is 16.9 Å². The van der Waals surface area contributed by atoms with E-state index in [0.717, 1.165) is 17.5 Å². The smallest absolute Gasteiger partial charge is 0.377 e. The summed E-state index contributed by atoms with van der Waals surface area (Å²) >= 11 is 0. The van der Waals surface area contributed by atoms with Crippen molar-refractivity contribution < 1.29 is 31.4 Å². The first-order chi connectivity index (χ1) is 17.7. The lowest BCUT2D eigenvalue weighted by atomic mass is 9.99. The lowest BCUT2D eigenvalue weighted by Gasteiger charge is -2.40. The molecule has 4 atom stereocenters. The summed E-state index contributed by atoms with van der Waals surface area (Å²) in [5, 5.41) is 10.4. The Morgan fingerprint density at radius 1 is 1.16 bits per heavy atom. The maximum Gasteiger partial charge on any atom is 0.435 e. The Bertz CT molecular complexity index is 1250. The van der Waals surface area contributed by atoms with E-state index in [1.807, 2.05) is 4.90 Å². The summed E-state index contributed by atoms with van der Waals surface area (Å²) in [5.41, 5.74) is -0.686. The number of alkyl halides is 5. The fraction of sp³-hybridized carbons (Fsp3) is 0.609. The lowest BCUT2D eigenvalue weighted by Crippen LogP contribution is -2.47. The average Bonchev–Trinajstić information content (AvgIpc) is 3.54. The Balaban J connectivity index is 1.53. The van der Waals surface area contributed by atoms with Crippen LogP contribution in [0.15, 0.2) is 18.3 Å². The van der Waals surface area contributed by atoms with Crippen LogP contribution in [0.1, 0.15) is 38.3 Å². The van der Waals surface area contributed by atoms with E-state index in [4.69, 9.17) is 14.5 Å². The van der Waals surface area contributed by atoms with Gasteiger partial charge in [0.05, 0.1) is 48.7 Å². The van der Waals surface area contributed by atoms with E-state index < -0.39 is 24.6 Å². The Labute approximate surface area is 208 Å². The third-order valence-corrected chi connectivity index (χ3v) is 7.52. The van der Waals surface area contributed by atoms with Crippen LogP contribution in [-0.2, 0) is 15.7 Å². The van der Waals surface area contributed by atoms with Crippen LogP contribution in [0, 0.1) is 0 Å². The minimum Gasteiger partial charge on any atom is -0.377 e. The molecule has 3 aromatic heterocycles. The van der Waals surface area contributed by atoms with Crippen molar-refractivity contribution in [3.05, 3.63) is 24.0 Å². The van der Waals surface area contributed by atoms with Gasteiger partial charge in [0, 0.05) is 24.7 Å². The van der Waals surface area contributed by atoms with Crippen molar-refractivity contribution in [2.24, 2.45) is 0 Å². The number of hydrogen-bond acceptors (Lipinski definition) is 7. The minimum atomic E-state index is -4.75. The number of fused-ring (bicyclic) bond motifs is 3. The van der Waals surface area contributed by atoms with Crippen LogP contribution in [0.5, 0.6) is 0 Å². The SMILES string of the molecule is C[C@@H]1CC(OC(F)F)CCN1c1cc(N2[C@@H]3CC[C@H]2COC3)nc2c1c(C(F)(F)F)nn2-c1ccn[nH]1. The summed E-state index contributed by atoms with van der Waals surface area (Å²) in [6.45, 7) is 0.194. The maximum atomic E-state index is 14.3. The number of nitrogens with one attached hydrogen (secondary N) is 1. The Kier molecular flexibility index (Phi) is 5.97. The summed E-state index contributed by atoms with van der Waals surface area (Å²) in [6.07, 6.45) is -1.68. The standard InChI is InChI=1S/C23H26F5N7O2/c1-12-8-15(37-22(24)25)5-7-33(12)16-9-18(34-13-2-3-14(34)11-36-10-13)30-21-19(16)20(23(26,27)28)32-35(21)17-4-6-29-31-17/h4,6,9,12-15,22H,2-3,5,7-8,10-11H2,1H3,(H,29,31)/t12-,13-,14+,15?/m1/s1. The summed E-state index contributed by atoms with van der Waals surface area (Å²) < 4.78 is 80.2. The molecule has 0 aliphatic carbocycles. The predicted molar refractivity (Wildman–Crippen MR) is 123 cm³/mol. The first kappa shape index (κ1) is 24.3. The molecule has 37 heavy (non-hydrogen) atoms. The van der Waals surface area contributed by atoms with Gasteiger partial charge in [-0.25, -0.2) is 4.98 Å². The number of nitrogens with zero attached hydrogens (tertiary/aromatic N) is 6. The molecular formula is C23H26F5N7O2. The van der Waals surface area contributed by atoms with Crippen molar-refractivity contribution in [3.63, 3.8) is 0 Å². The van der Waals surface area contributed by atoms with Gasteiger partial charge in [-0.2, -0.15) is 36.8 Å². The molecule has 1 N–H and O–H groups in total. The molecule has 200 valence electrons. The molecule has 2 bridgehead atoms. The van der Waals surface area contributed by atoms with Gasteiger partial charge in [-0.3, -0.25) is 5.10 Å². The number of aromatic nitrogens is 5. The van der Waals surface area contributed by atoms with Crippen LogP contribution in [0.2, 0.25) is 0 Å². The molecule has 3 aromatic rings. The fourth-order valence-corrected chi connectivity index (χ4v) is 5.93. The monoisotopic (exact) mass is 527 g/mol. The first-order valence-electron chi connectivity index (χ1n) is 12.3. The van der Waals surface area contributed by atoms with Crippen LogP contribution < -0.4 is 9.80 Å². The Morgan fingerprint density at radius 3 is 2.54 bits per heavy atom. The summed E-state index contributed by atoms with van der Waals surface area (Å²) in [4.78, 5) is 8.71. The second-order valence-corrected chi connectivity index (χ2v) is 9.81. The number of H-pyrrole nitrogens is 1. The van der Waals surface area contributed by atoms with Gasteiger partial charge in [0.2, 0.25) is 0 Å². The van der Waals surface area contributed by atoms with Crippen molar-refractivity contribution in [2.75, 3.05) is 29.6 Å². The van der Waals surface area contributed by atoms with E-state index in [-0.39, 0.29) is 54.4 Å². The van der Waals surface area contributed by atoms with Crippen LogP contribution in [0.4, 0.5) is 33.5 Å². The highest BCUT2D eigenvalue weighted by molar-refractivity contribution is 5.95. The molecule has 0 aromatic carbocycles. The second-order valence-electron chi connectivity index (χ2n) is 9.81. The van der Waals surface area contributed by atoms with Crippen LogP contribution in [0.3, 0.4) is 0 Å². The Morgan fingerprint density at radius 2 is 1.92 bits per heavy atom. The number of pyridine rings is 1. The molecule has 0 spiro atoms. The molecule has 6 heterocycles. The zero-order chi connectivity index (χ0) is 25.9. The predicted octanol–water partition coefficient (Wildman–Crippen LogP) is 4.13. The van der Waals surface area contributed by atoms with Crippen molar-refractivity contribution in [1.29, 1.82) is 0 Å². The van der Waals surface area contributed by atoms with Gasteiger partial charge >= 0.3 is 12.8 Å². The van der Waals surface area contributed by atoms with Gasteiger partial charge < -0.3 is 19.3 Å². The van der Waals surface area contributed by atoms with Crippen molar-refractivity contribution >= 4 is 22.5 Å². The average molecular weight is 527 g/mol. The zero-order valence-corrected chi connectivity index (χ0v) is 20.0. The van der Waals surface area contributed by atoms with Crippen molar-refractivity contribution in [3.8, 4) is 5.82 Å². The normalized spacial score (nSPS) is 26.6. The molecule has 6 rings (SSSR count). The van der Waals surface area contributed by atoms with Crippen molar-refractivity contribution in [2.45, 2.75) is 69.6 Å². The lowest BCUT2D eigenvalue weighted by molar-refractivity contribution is -0.168. The van der Waals surface area contributed by atoms with E-state index >= 15 is 0 Å². The third-order valence-electron chi connectivity index (χ3n) is 7.52. The molecule has 0 saturated carbocycles. The van der Waals surface area contributed by atoms with Crippen molar-refractivity contribution in [1.82, 2.24) is 25.0 Å². The van der Waals surface area contributed by atoms with E-state index in [1.54, 1.807) is 13.0 Å². The number of anilines is 2. The zero-order valence-electron chi connectivity index (χ0n) is 20.0. The molecule has 1 unspecified atom stereocenters. The summed E-state index contributed by atoms with van der Waals surface area (Å²) in [6, 6.07) is 3.01. The fourth-order valence-electron chi connectivity index (χ4n) is 5.93. The van der Waals surface area contributed by atoms with Gasteiger partial charge in [0.25, 0.3) is 0 Å². The number of piperidine rings is 1. The van der Waals surface area contributed by atoms with E-state index in [0.29, 0.717) is 24.7 Å². The van der Waals surface area contributed by atoms with E-state index in [9.17, 15) is 22.0 Å². The molecule has 3 aliphatic rings. The third kappa shape index (κ3) is 4.29. The number of ether oxygens (including phenoxy) is 2. The maximum absolute atomic E-state index is 14.3. The molecule has 14 heteroatoms. The topological polar surface area (TPSA) is 84.3 Å². The number of halogens is 5. The van der Waals surface area contributed by atoms with Gasteiger partial charge in [0.1, 0.15) is 5.82 Å². The molecular weight excluding hydrogens is 501 g/mol.